The number of aliphatic hydroxyl groups excluding tert-OH is 1. The number of non-ortho nitro benzene ring substituents is 1. The van der Waals surface area contributed by atoms with Crippen LogP contribution >= 0.6 is 0 Å². The Kier molecular flexibility index (Phi) is 6.41. The van der Waals surface area contributed by atoms with Gasteiger partial charge in [0.05, 0.1) is 24.2 Å². The molecule has 0 aromatic heterocycles. The first-order valence-corrected chi connectivity index (χ1v) is 5.83. The van der Waals surface area contributed by atoms with Gasteiger partial charge in [0.1, 0.15) is 5.75 Å². The number of aliphatic hydroxyl groups is 1. The number of benzene rings is 1. The number of nitrogens with zero attached hydrogens (tertiary/aromatic N) is 1. The van der Waals surface area contributed by atoms with Gasteiger partial charge in [0.2, 0.25) is 0 Å². The number of hydrogen-bond donors (Lipinski definition) is 2. The zero-order chi connectivity index (χ0) is 15.0. The smallest absolute Gasteiger partial charge is 0.269 e. The first-order chi connectivity index (χ1) is 9.56. The molecular formula is C12H16N2O6. The molecule has 0 aliphatic rings. The number of amides is 1. The molecule has 0 heterocycles. The summed E-state index contributed by atoms with van der Waals surface area (Å²) in [5, 5.41) is 22.0. The zero-order valence-electron chi connectivity index (χ0n) is 10.9. The highest BCUT2D eigenvalue weighted by Gasteiger charge is 2.12. The molecule has 0 radical (unpaired) electrons. The molecule has 1 rings (SSSR count). The third kappa shape index (κ3) is 5.21. The van der Waals surface area contributed by atoms with E-state index in [0.717, 1.165) is 0 Å². The van der Waals surface area contributed by atoms with Crippen LogP contribution in [0.25, 0.3) is 0 Å². The molecule has 1 amide bonds. The quantitative estimate of drug-likeness (QED) is 0.517. The van der Waals surface area contributed by atoms with Crippen LogP contribution in [-0.2, 0) is 9.53 Å². The van der Waals surface area contributed by atoms with E-state index in [0.29, 0.717) is 5.75 Å². The fourth-order valence-electron chi connectivity index (χ4n) is 1.42. The monoisotopic (exact) mass is 284 g/mol. The van der Waals surface area contributed by atoms with E-state index in [2.05, 4.69) is 5.32 Å². The Morgan fingerprint density at radius 3 is 2.60 bits per heavy atom. The third-order valence-electron chi connectivity index (χ3n) is 2.37. The second-order valence-electron chi connectivity index (χ2n) is 3.94. The van der Waals surface area contributed by atoms with Gasteiger partial charge in [-0.3, -0.25) is 14.9 Å². The second kappa shape index (κ2) is 8.08. The summed E-state index contributed by atoms with van der Waals surface area (Å²) in [4.78, 5) is 21.5. The summed E-state index contributed by atoms with van der Waals surface area (Å²) in [5.74, 6) is -0.0718. The zero-order valence-corrected chi connectivity index (χ0v) is 10.9. The summed E-state index contributed by atoms with van der Waals surface area (Å²) < 4.78 is 9.98. The van der Waals surface area contributed by atoms with Crippen molar-refractivity contribution in [1.82, 2.24) is 5.32 Å². The maximum atomic E-state index is 11.5. The van der Waals surface area contributed by atoms with Crippen molar-refractivity contribution in [3.05, 3.63) is 34.4 Å². The lowest BCUT2D eigenvalue weighted by Gasteiger charge is -2.15. The van der Waals surface area contributed by atoms with Crippen LogP contribution in [0.2, 0.25) is 0 Å². The molecule has 8 nitrogen and oxygen atoms in total. The van der Waals surface area contributed by atoms with Gasteiger partial charge in [-0.15, -0.1) is 0 Å². The van der Waals surface area contributed by atoms with Crippen molar-refractivity contribution in [1.29, 1.82) is 0 Å². The average Bonchev–Trinajstić information content (AvgIpc) is 2.45. The molecule has 0 spiro atoms. The largest absolute Gasteiger partial charge is 0.484 e. The van der Waals surface area contributed by atoms with Crippen molar-refractivity contribution in [2.24, 2.45) is 0 Å². The summed E-state index contributed by atoms with van der Waals surface area (Å²) >= 11 is 0. The molecule has 20 heavy (non-hydrogen) atoms. The highest BCUT2D eigenvalue weighted by molar-refractivity contribution is 5.77. The van der Waals surface area contributed by atoms with E-state index in [1.165, 1.54) is 31.4 Å². The van der Waals surface area contributed by atoms with Crippen molar-refractivity contribution in [2.45, 2.75) is 6.04 Å². The number of ether oxygens (including phenoxy) is 2. The number of nitro benzene ring substituents is 1. The molecule has 0 aliphatic heterocycles. The van der Waals surface area contributed by atoms with E-state index in [1.807, 2.05) is 0 Å². The molecular weight excluding hydrogens is 268 g/mol. The lowest BCUT2D eigenvalue weighted by atomic mass is 10.3. The number of carbonyl (C=O) groups is 1. The molecule has 1 atom stereocenters. The van der Waals surface area contributed by atoms with E-state index in [-0.39, 0.29) is 25.5 Å². The Hall–Kier alpha value is -2.19. The molecule has 2 N–H and O–H groups in total. The fourth-order valence-corrected chi connectivity index (χ4v) is 1.42. The van der Waals surface area contributed by atoms with E-state index in [1.54, 1.807) is 0 Å². The van der Waals surface area contributed by atoms with Crippen molar-refractivity contribution >= 4 is 11.6 Å². The Morgan fingerprint density at radius 1 is 1.45 bits per heavy atom. The summed E-state index contributed by atoms with van der Waals surface area (Å²) in [6.45, 7) is -0.297. The third-order valence-corrected chi connectivity index (χ3v) is 2.37. The highest BCUT2D eigenvalue weighted by Crippen LogP contribution is 2.16. The van der Waals surface area contributed by atoms with E-state index in [9.17, 15) is 14.9 Å². The van der Waals surface area contributed by atoms with Crippen molar-refractivity contribution in [3.8, 4) is 5.75 Å². The number of carbonyl (C=O) groups excluding carboxylic acids is 1. The topological polar surface area (TPSA) is 111 Å². The molecule has 1 aromatic carbocycles. The second-order valence-corrected chi connectivity index (χ2v) is 3.94. The van der Waals surface area contributed by atoms with Crippen LogP contribution in [0.5, 0.6) is 5.75 Å². The number of rotatable bonds is 8. The fraction of sp³-hybridized carbons (Fsp3) is 0.417. The van der Waals surface area contributed by atoms with Crippen molar-refractivity contribution in [3.63, 3.8) is 0 Å². The maximum Gasteiger partial charge on any atom is 0.269 e. The van der Waals surface area contributed by atoms with Gasteiger partial charge >= 0.3 is 0 Å². The Morgan fingerprint density at radius 2 is 2.10 bits per heavy atom. The highest BCUT2D eigenvalue weighted by atomic mass is 16.6. The van der Waals surface area contributed by atoms with Crippen molar-refractivity contribution < 1.29 is 24.3 Å². The molecule has 0 bridgehead atoms. The molecule has 0 saturated carbocycles. The molecule has 110 valence electrons. The minimum Gasteiger partial charge on any atom is -0.484 e. The van der Waals surface area contributed by atoms with E-state index in [4.69, 9.17) is 14.6 Å². The van der Waals surface area contributed by atoms with Gasteiger partial charge in [0.15, 0.2) is 6.61 Å². The number of methoxy groups -OCH3 is 1. The van der Waals surface area contributed by atoms with Gasteiger partial charge in [-0.1, -0.05) is 0 Å². The predicted octanol–water partition coefficient (Wildman–Crippen LogP) is 0.0971. The normalized spacial score (nSPS) is 11.7. The van der Waals surface area contributed by atoms with Crippen LogP contribution in [0.4, 0.5) is 5.69 Å². The van der Waals surface area contributed by atoms with Crippen LogP contribution in [-0.4, -0.2) is 48.9 Å². The minimum atomic E-state index is -0.521. The van der Waals surface area contributed by atoms with Crippen LogP contribution in [0.1, 0.15) is 0 Å². The molecule has 0 aliphatic carbocycles. The molecule has 0 saturated heterocycles. The van der Waals surface area contributed by atoms with Gasteiger partial charge < -0.3 is 19.9 Å². The lowest BCUT2D eigenvalue weighted by molar-refractivity contribution is -0.384. The van der Waals surface area contributed by atoms with Gasteiger partial charge in [0, 0.05) is 19.2 Å². The van der Waals surface area contributed by atoms with Crippen LogP contribution < -0.4 is 10.1 Å². The van der Waals surface area contributed by atoms with Gasteiger partial charge in [-0.25, -0.2) is 0 Å². The maximum absolute atomic E-state index is 11.5. The van der Waals surface area contributed by atoms with Crippen LogP contribution in [0.15, 0.2) is 24.3 Å². The number of hydrogen-bond acceptors (Lipinski definition) is 6. The summed E-state index contributed by atoms with van der Waals surface area (Å²) in [7, 11) is 1.46. The molecule has 1 unspecified atom stereocenters. The first kappa shape index (κ1) is 15.9. The number of nitrogens with one attached hydrogen (secondary N) is 1. The van der Waals surface area contributed by atoms with Gasteiger partial charge in [0.25, 0.3) is 11.6 Å². The summed E-state index contributed by atoms with van der Waals surface area (Å²) in [6, 6.07) is 4.89. The first-order valence-electron chi connectivity index (χ1n) is 5.83. The van der Waals surface area contributed by atoms with Crippen LogP contribution in [0, 0.1) is 10.1 Å². The Bertz CT molecular complexity index is 448. The van der Waals surface area contributed by atoms with E-state index < -0.39 is 16.9 Å². The van der Waals surface area contributed by atoms with Crippen molar-refractivity contribution in [2.75, 3.05) is 26.9 Å². The summed E-state index contributed by atoms with van der Waals surface area (Å²) in [5.41, 5.74) is -0.0535. The van der Waals surface area contributed by atoms with Crippen LogP contribution in [0.3, 0.4) is 0 Å². The molecule has 0 fully saturated rings. The Labute approximate surface area is 115 Å². The standard InChI is InChI=1S/C12H16N2O6/c1-19-7-9(6-15)13-12(16)8-20-11-4-2-10(3-5-11)14(17)18/h2-5,9,15H,6-8H2,1H3,(H,13,16). The number of nitro groups is 1. The molecule has 1 aromatic rings. The van der Waals surface area contributed by atoms with Gasteiger partial charge in [-0.2, -0.15) is 0 Å². The Balaban J connectivity index is 2.42. The molecule has 8 heteroatoms. The summed E-state index contributed by atoms with van der Waals surface area (Å²) in [6.07, 6.45) is 0. The predicted molar refractivity (Wildman–Crippen MR) is 69.5 cm³/mol. The average molecular weight is 284 g/mol. The minimum absolute atomic E-state index is 0.0535. The van der Waals surface area contributed by atoms with Gasteiger partial charge in [-0.05, 0) is 12.1 Å². The lowest BCUT2D eigenvalue weighted by Crippen LogP contribution is -2.42. The SMILES string of the molecule is COCC(CO)NC(=O)COc1ccc([N+](=O)[O-])cc1. The van der Waals surface area contributed by atoms with E-state index >= 15 is 0 Å².